The first-order valence-electron chi connectivity index (χ1n) is 3.76. The molecule has 1 aromatic carbocycles. The fraction of sp³-hybridized carbons (Fsp3) is 0. The van der Waals surface area contributed by atoms with E-state index in [1.807, 2.05) is 0 Å². The highest BCUT2D eigenvalue weighted by molar-refractivity contribution is 5.87. The molecule has 1 aromatic heterocycles. The number of nitrogen functional groups attached to an aromatic ring is 1. The average Bonchev–Trinajstić information content (AvgIpc) is 2.14. The highest BCUT2D eigenvalue weighted by Gasteiger charge is 2.13. The minimum absolute atomic E-state index is 0.255. The Morgan fingerprint density at radius 2 is 2.00 bits per heavy atom. The summed E-state index contributed by atoms with van der Waals surface area (Å²) in [6, 6.07) is 1.61. The number of anilines is 1. The third-order valence-electron chi connectivity index (χ3n) is 1.87. The van der Waals surface area contributed by atoms with Crippen LogP contribution < -0.4 is 11.2 Å². The van der Waals surface area contributed by atoms with Gasteiger partial charge in [0, 0.05) is 12.1 Å². The van der Waals surface area contributed by atoms with E-state index < -0.39 is 17.1 Å². The van der Waals surface area contributed by atoms with Gasteiger partial charge < -0.3 is 10.2 Å². The van der Waals surface area contributed by atoms with Gasteiger partial charge in [0.1, 0.15) is 16.9 Å². The fourth-order valence-corrected chi connectivity index (χ4v) is 1.21. The number of halogens is 2. The summed E-state index contributed by atoms with van der Waals surface area (Å²) < 4.78 is 30.8. The highest BCUT2D eigenvalue weighted by Crippen LogP contribution is 2.23. The van der Waals surface area contributed by atoms with E-state index in [4.69, 9.17) is 10.2 Å². The Kier molecular flexibility index (Phi) is 1.73. The highest BCUT2D eigenvalue weighted by atomic mass is 19.1. The Morgan fingerprint density at radius 1 is 1.29 bits per heavy atom. The van der Waals surface area contributed by atoms with Gasteiger partial charge in [0.15, 0.2) is 16.8 Å². The minimum atomic E-state index is -0.971. The largest absolute Gasteiger partial charge is 0.462 e. The predicted molar refractivity (Wildman–Crippen MR) is 46.8 cm³/mol. The molecule has 0 aliphatic heterocycles. The van der Waals surface area contributed by atoms with Gasteiger partial charge in [-0.3, -0.25) is 4.79 Å². The number of benzene rings is 1. The molecule has 0 saturated carbocycles. The van der Waals surface area contributed by atoms with Crippen LogP contribution in [-0.2, 0) is 0 Å². The molecule has 0 fully saturated rings. The van der Waals surface area contributed by atoms with Gasteiger partial charge in [0.05, 0.1) is 6.26 Å². The molecule has 14 heavy (non-hydrogen) atoms. The second kappa shape index (κ2) is 2.80. The van der Waals surface area contributed by atoms with Crippen LogP contribution in [0.3, 0.4) is 0 Å². The quantitative estimate of drug-likeness (QED) is 0.653. The summed E-state index contributed by atoms with van der Waals surface area (Å²) in [7, 11) is 0. The zero-order valence-corrected chi connectivity index (χ0v) is 6.88. The second-order valence-corrected chi connectivity index (χ2v) is 2.74. The fourth-order valence-electron chi connectivity index (χ4n) is 1.21. The van der Waals surface area contributed by atoms with Gasteiger partial charge in [-0.1, -0.05) is 0 Å². The van der Waals surface area contributed by atoms with Gasteiger partial charge >= 0.3 is 0 Å². The van der Waals surface area contributed by atoms with Crippen LogP contribution in [-0.4, -0.2) is 0 Å². The third-order valence-corrected chi connectivity index (χ3v) is 1.87. The lowest BCUT2D eigenvalue weighted by atomic mass is 10.2. The Labute approximate surface area is 76.8 Å². The molecular formula is C9H5F2NO2. The van der Waals surface area contributed by atoms with Gasteiger partial charge in [-0.15, -0.1) is 0 Å². The molecule has 2 N–H and O–H groups in total. The van der Waals surface area contributed by atoms with Crippen molar-refractivity contribution < 1.29 is 13.2 Å². The van der Waals surface area contributed by atoms with Gasteiger partial charge in [0.25, 0.3) is 0 Å². The lowest BCUT2D eigenvalue weighted by molar-refractivity contribution is 0.569. The van der Waals surface area contributed by atoms with Crippen LogP contribution >= 0.6 is 0 Å². The number of rotatable bonds is 0. The second-order valence-electron chi connectivity index (χ2n) is 2.74. The summed E-state index contributed by atoms with van der Waals surface area (Å²) in [6.07, 6.45) is 1.04. The zero-order valence-electron chi connectivity index (χ0n) is 6.88. The Balaban J connectivity index is 3.10. The van der Waals surface area contributed by atoms with E-state index in [0.29, 0.717) is 6.07 Å². The van der Waals surface area contributed by atoms with Crippen LogP contribution in [0.15, 0.2) is 27.6 Å². The maximum absolute atomic E-state index is 13.1. The van der Waals surface area contributed by atoms with Crippen LogP contribution in [0, 0.1) is 11.6 Å². The standard InChI is InChI=1S/C9H5F2NO2/c10-4-3-5(11)8(12)9-7(4)6(13)1-2-14-9/h1-3H,12H2. The van der Waals surface area contributed by atoms with Gasteiger partial charge in [-0.25, -0.2) is 8.78 Å². The van der Waals surface area contributed by atoms with Crippen molar-refractivity contribution >= 4 is 16.7 Å². The maximum atomic E-state index is 13.1. The van der Waals surface area contributed by atoms with E-state index in [-0.39, 0.29) is 16.7 Å². The van der Waals surface area contributed by atoms with Crippen molar-refractivity contribution in [2.24, 2.45) is 0 Å². The van der Waals surface area contributed by atoms with Crippen molar-refractivity contribution in [2.45, 2.75) is 0 Å². The molecule has 0 bridgehead atoms. The summed E-state index contributed by atoms with van der Waals surface area (Å²) in [5.41, 5.74) is 4.08. The van der Waals surface area contributed by atoms with Crippen LogP contribution in [0.25, 0.3) is 11.0 Å². The molecule has 0 aliphatic carbocycles. The van der Waals surface area contributed by atoms with E-state index in [2.05, 4.69) is 0 Å². The molecule has 0 saturated heterocycles. The van der Waals surface area contributed by atoms with Gasteiger partial charge in [-0.2, -0.15) is 0 Å². The van der Waals surface area contributed by atoms with Crippen LogP contribution in [0.5, 0.6) is 0 Å². The Morgan fingerprint density at radius 3 is 2.71 bits per heavy atom. The van der Waals surface area contributed by atoms with Crippen LogP contribution in [0.2, 0.25) is 0 Å². The topological polar surface area (TPSA) is 56.2 Å². The van der Waals surface area contributed by atoms with E-state index in [9.17, 15) is 13.6 Å². The number of fused-ring (bicyclic) bond motifs is 1. The van der Waals surface area contributed by atoms with Crippen LogP contribution in [0.4, 0.5) is 14.5 Å². The lowest BCUT2D eigenvalue weighted by Crippen LogP contribution is -2.04. The Bertz CT molecular complexity index is 562. The van der Waals surface area contributed by atoms with Crippen molar-refractivity contribution in [3.05, 3.63) is 40.3 Å². The normalized spacial score (nSPS) is 10.7. The predicted octanol–water partition coefficient (Wildman–Crippen LogP) is 1.65. The molecule has 2 aromatic rings. The molecule has 2 rings (SSSR count). The average molecular weight is 197 g/mol. The third kappa shape index (κ3) is 1.06. The maximum Gasteiger partial charge on any atom is 0.195 e. The van der Waals surface area contributed by atoms with Crippen molar-refractivity contribution in [1.29, 1.82) is 0 Å². The van der Waals surface area contributed by atoms with Crippen molar-refractivity contribution in [2.75, 3.05) is 5.73 Å². The van der Waals surface area contributed by atoms with Gasteiger partial charge in [-0.05, 0) is 0 Å². The van der Waals surface area contributed by atoms with Crippen molar-refractivity contribution in [1.82, 2.24) is 0 Å². The lowest BCUT2D eigenvalue weighted by Gasteiger charge is -2.01. The van der Waals surface area contributed by atoms with Crippen molar-refractivity contribution in [3.63, 3.8) is 0 Å². The minimum Gasteiger partial charge on any atom is -0.462 e. The smallest absolute Gasteiger partial charge is 0.195 e. The summed E-state index contributed by atoms with van der Waals surface area (Å²) in [5.74, 6) is -1.91. The van der Waals surface area contributed by atoms with Crippen molar-refractivity contribution in [3.8, 4) is 0 Å². The summed E-state index contributed by atoms with van der Waals surface area (Å²) >= 11 is 0. The summed E-state index contributed by atoms with van der Waals surface area (Å²) in [5, 5.41) is -0.327. The summed E-state index contributed by atoms with van der Waals surface area (Å²) in [4.78, 5) is 11.2. The first-order chi connectivity index (χ1) is 6.61. The molecule has 3 nitrogen and oxygen atoms in total. The number of nitrogens with two attached hydrogens (primary N) is 1. The SMILES string of the molecule is Nc1c(F)cc(F)c2c(=O)ccoc12. The molecule has 0 atom stereocenters. The first-order valence-corrected chi connectivity index (χ1v) is 3.76. The molecule has 0 unspecified atom stereocenters. The molecule has 0 spiro atoms. The zero-order chi connectivity index (χ0) is 10.3. The summed E-state index contributed by atoms with van der Waals surface area (Å²) in [6.45, 7) is 0. The molecular weight excluding hydrogens is 192 g/mol. The molecule has 0 amide bonds. The monoisotopic (exact) mass is 197 g/mol. The molecule has 0 radical (unpaired) electrons. The molecule has 72 valence electrons. The number of hydrogen-bond acceptors (Lipinski definition) is 3. The Hall–Kier alpha value is -1.91. The van der Waals surface area contributed by atoms with E-state index >= 15 is 0 Å². The van der Waals surface area contributed by atoms with E-state index in [1.165, 1.54) is 0 Å². The number of hydrogen-bond donors (Lipinski definition) is 1. The van der Waals surface area contributed by atoms with E-state index in [1.54, 1.807) is 0 Å². The molecule has 5 heteroatoms. The van der Waals surface area contributed by atoms with Crippen LogP contribution in [0.1, 0.15) is 0 Å². The van der Waals surface area contributed by atoms with E-state index in [0.717, 1.165) is 12.3 Å². The molecule has 1 heterocycles. The van der Waals surface area contributed by atoms with Gasteiger partial charge in [0.2, 0.25) is 0 Å². The molecule has 0 aliphatic rings. The first kappa shape index (κ1) is 8.68.